The largest absolute Gasteiger partial charge is 0.487 e. The Hall–Kier alpha value is -0.990. The van der Waals surface area contributed by atoms with Crippen LogP contribution in [-0.2, 0) is 7.05 Å². The molecule has 1 heterocycles. The van der Waals surface area contributed by atoms with Gasteiger partial charge in [-0.3, -0.25) is 4.68 Å². The zero-order chi connectivity index (χ0) is 10.7. The number of aryl methyl sites for hydroxylation is 1. The molecule has 15 heavy (non-hydrogen) atoms. The van der Waals surface area contributed by atoms with Crippen LogP contribution in [0.25, 0.3) is 0 Å². The molecule has 0 aliphatic heterocycles. The van der Waals surface area contributed by atoms with Crippen LogP contribution in [0.4, 0.5) is 0 Å². The molecule has 0 saturated heterocycles. The number of aromatic nitrogens is 2. The van der Waals surface area contributed by atoms with Gasteiger partial charge in [-0.05, 0) is 31.6 Å². The molecule has 0 aromatic carbocycles. The average Bonchev–Trinajstić information content (AvgIpc) is 2.65. The Balaban J connectivity index is 1.82. The maximum atomic E-state index is 5.89. The third kappa shape index (κ3) is 2.74. The number of hydrogen-bond acceptors (Lipinski definition) is 2. The lowest BCUT2D eigenvalue weighted by Gasteiger charge is -2.27. The summed E-state index contributed by atoms with van der Waals surface area (Å²) in [5.74, 6) is 1.84. The fourth-order valence-electron chi connectivity index (χ4n) is 2.31. The van der Waals surface area contributed by atoms with Crippen LogP contribution in [0, 0.1) is 5.92 Å². The molecule has 3 nitrogen and oxygen atoms in total. The molecule has 0 unspecified atom stereocenters. The van der Waals surface area contributed by atoms with E-state index in [4.69, 9.17) is 4.74 Å². The van der Waals surface area contributed by atoms with E-state index in [0.29, 0.717) is 6.10 Å². The van der Waals surface area contributed by atoms with E-state index < -0.39 is 0 Å². The van der Waals surface area contributed by atoms with Crippen LogP contribution in [0.3, 0.4) is 0 Å². The minimum atomic E-state index is 0.414. The van der Waals surface area contributed by atoms with Gasteiger partial charge in [0.15, 0.2) is 5.75 Å². The molecule has 1 aliphatic carbocycles. The van der Waals surface area contributed by atoms with Crippen molar-refractivity contribution in [2.75, 3.05) is 0 Å². The van der Waals surface area contributed by atoms with E-state index in [1.165, 1.54) is 32.1 Å². The van der Waals surface area contributed by atoms with Crippen LogP contribution in [0.5, 0.6) is 5.75 Å². The third-order valence-corrected chi connectivity index (χ3v) is 3.36. The van der Waals surface area contributed by atoms with Gasteiger partial charge in [-0.15, -0.1) is 0 Å². The topological polar surface area (TPSA) is 27.1 Å². The summed E-state index contributed by atoms with van der Waals surface area (Å²) in [5.41, 5.74) is 0. The summed E-state index contributed by atoms with van der Waals surface area (Å²) in [6, 6.07) is 0. The number of nitrogens with zero attached hydrogens (tertiary/aromatic N) is 2. The van der Waals surface area contributed by atoms with E-state index in [1.807, 2.05) is 13.2 Å². The Bertz CT molecular complexity index is 300. The van der Waals surface area contributed by atoms with Crippen LogP contribution in [0.1, 0.15) is 39.0 Å². The first-order valence-corrected chi connectivity index (χ1v) is 5.93. The summed E-state index contributed by atoms with van der Waals surface area (Å²) >= 11 is 0. The molecular formula is C12H20N2O. The van der Waals surface area contributed by atoms with Crippen molar-refractivity contribution in [2.24, 2.45) is 13.0 Å². The van der Waals surface area contributed by atoms with Crippen LogP contribution in [-0.4, -0.2) is 15.9 Å². The molecule has 0 amide bonds. The molecule has 1 aliphatic rings. The van der Waals surface area contributed by atoms with Gasteiger partial charge >= 0.3 is 0 Å². The van der Waals surface area contributed by atoms with Gasteiger partial charge in [0.2, 0.25) is 0 Å². The van der Waals surface area contributed by atoms with Gasteiger partial charge in [-0.25, -0.2) is 0 Å². The lowest BCUT2D eigenvalue weighted by Crippen LogP contribution is -2.23. The van der Waals surface area contributed by atoms with Gasteiger partial charge in [0.05, 0.1) is 18.5 Å². The fraction of sp³-hybridized carbons (Fsp3) is 0.750. The molecule has 3 heteroatoms. The van der Waals surface area contributed by atoms with Gasteiger partial charge in [-0.2, -0.15) is 5.10 Å². The van der Waals surface area contributed by atoms with Gasteiger partial charge in [0.25, 0.3) is 0 Å². The maximum Gasteiger partial charge on any atom is 0.157 e. The van der Waals surface area contributed by atoms with Crippen molar-refractivity contribution in [1.29, 1.82) is 0 Å². The van der Waals surface area contributed by atoms with Gasteiger partial charge in [-0.1, -0.05) is 13.3 Å². The first kappa shape index (κ1) is 10.5. The monoisotopic (exact) mass is 208 g/mol. The molecule has 0 spiro atoms. The highest BCUT2D eigenvalue weighted by Gasteiger charge is 2.21. The second kappa shape index (κ2) is 4.69. The summed E-state index contributed by atoms with van der Waals surface area (Å²) in [5, 5.41) is 4.10. The van der Waals surface area contributed by atoms with Crippen LogP contribution in [0.15, 0.2) is 12.4 Å². The molecule has 1 aromatic heterocycles. The van der Waals surface area contributed by atoms with Crippen LogP contribution < -0.4 is 4.74 Å². The SMILES string of the molecule is CCC1CCC(Oc2cnn(C)c2)CC1. The van der Waals surface area contributed by atoms with E-state index in [2.05, 4.69) is 12.0 Å². The number of ether oxygens (including phenoxy) is 1. The Morgan fingerprint density at radius 1 is 1.40 bits per heavy atom. The first-order valence-electron chi connectivity index (χ1n) is 5.93. The van der Waals surface area contributed by atoms with Gasteiger partial charge in [0, 0.05) is 7.05 Å². The van der Waals surface area contributed by atoms with Crippen molar-refractivity contribution in [3.63, 3.8) is 0 Å². The third-order valence-electron chi connectivity index (χ3n) is 3.36. The molecule has 0 N–H and O–H groups in total. The van der Waals surface area contributed by atoms with E-state index in [9.17, 15) is 0 Å². The maximum absolute atomic E-state index is 5.89. The van der Waals surface area contributed by atoms with Crippen molar-refractivity contribution in [3.8, 4) is 5.75 Å². The van der Waals surface area contributed by atoms with Gasteiger partial charge < -0.3 is 4.74 Å². The molecule has 0 atom stereocenters. The van der Waals surface area contributed by atoms with Crippen LogP contribution in [0.2, 0.25) is 0 Å². The lowest BCUT2D eigenvalue weighted by molar-refractivity contribution is 0.130. The highest BCUT2D eigenvalue weighted by Crippen LogP contribution is 2.29. The normalized spacial score (nSPS) is 26.5. The zero-order valence-corrected chi connectivity index (χ0v) is 9.65. The molecular weight excluding hydrogens is 188 g/mol. The predicted molar refractivity (Wildman–Crippen MR) is 59.9 cm³/mol. The molecule has 1 saturated carbocycles. The van der Waals surface area contributed by atoms with Crippen molar-refractivity contribution in [2.45, 2.75) is 45.1 Å². The molecule has 0 radical (unpaired) electrons. The Morgan fingerprint density at radius 3 is 2.67 bits per heavy atom. The second-order valence-electron chi connectivity index (χ2n) is 4.52. The van der Waals surface area contributed by atoms with Crippen molar-refractivity contribution in [3.05, 3.63) is 12.4 Å². The number of hydrogen-bond donors (Lipinski definition) is 0. The minimum Gasteiger partial charge on any atom is -0.487 e. The van der Waals surface area contributed by atoms with Crippen molar-refractivity contribution < 1.29 is 4.74 Å². The Kier molecular flexibility index (Phi) is 3.29. The van der Waals surface area contributed by atoms with E-state index in [-0.39, 0.29) is 0 Å². The molecule has 84 valence electrons. The first-order chi connectivity index (χ1) is 7.28. The summed E-state index contributed by atoms with van der Waals surface area (Å²) in [7, 11) is 1.92. The number of rotatable bonds is 3. The summed E-state index contributed by atoms with van der Waals surface area (Å²) in [6.07, 6.45) is 10.5. The van der Waals surface area contributed by atoms with E-state index >= 15 is 0 Å². The Morgan fingerprint density at radius 2 is 2.13 bits per heavy atom. The second-order valence-corrected chi connectivity index (χ2v) is 4.52. The average molecular weight is 208 g/mol. The zero-order valence-electron chi connectivity index (χ0n) is 9.65. The quantitative estimate of drug-likeness (QED) is 0.763. The molecule has 0 bridgehead atoms. The predicted octanol–water partition coefficient (Wildman–Crippen LogP) is 2.77. The summed E-state index contributed by atoms with van der Waals surface area (Å²) in [6.45, 7) is 2.28. The van der Waals surface area contributed by atoms with Crippen LogP contribution >= 0.6 is 0 Å². The highest BCUT2D eigenvalue weighted by atomic mass is 16.5. The molecule has 2 rings (SSSR count). The smallest absolute Gasteiger partial charge is 0.157 e. The van der Waals surface area contributed by atoms with Crippen molar-refractivity contribution in [1.82, 2.24) is 9.78 Å². The summed E-state index contributed by atoms with van der Waals surface area (Å²) < 4.78 is 7.67. The standard InChI is InChI=1S/C12H20N2O/c1-3-10-4-6-11(7-5-10)15-12-8-13-14(2)9-12/h8-11H,3-7H2,1-2H3. The highest BCUT2D eigenvalue weighted by molar-refractivity contribution is 5.11. The van der Waals surface area contributed by atoms with E-state index in [1.54, 1.807) is 10.9 Å². The van der Waals surface area contributed by atoms with Crippen molar-refractivity contribution >= 4 is 0 Å². The minimum absolute atomic E-state index is 0.414. The Labute approximate surface area is 91.4 Å². The lowest BCUT2D eigenvalue weighted by atomic mass is 9.86. The summed E-state index contributed by atoms with van der Waals surface area (Å²) in [4.78, 5) is 0. The molecule has 1 fully saturated rings. The molecule has 1 aromatic rings. The van der Waals surface area contributed by atoms with Gasteiger partial charge in [0.1, 0.15) is 0 Å². The van der Waals surface area contributed by atoms with E-state index in [0.717, 1.165) is 11.7 Å². The fourth-order valence-corrected chi connectivity index (χ4v) is 2.31.